The zero-order valence-corrected chi connectivity index (χ0v) is 13.6. The molecule has 138 valence electrons. The predicted molar refractivity (Wildman–Crippen MR) is 77.4 cm³/mol. The van der Waals surface area contributed by atoms with Crippen LogP contribution in [0, 0.1) is 0 Å². The molecule has 0 unspecified atom stereocenters. The van der Waals surface area contributed by atoms with Crippen molar-refractivity contribution in [2.24, 2.45) is 0 Å². The Balaban J connectivity index is 1.90. The molecule has 2 rings (SSSR count). The van der Waals surface area contributed by atoms with E-state index in [1.165, 1.54) is 21.4 Å². The lowest BCUT2D eigenvalue weighted by atomic mass is 10.1. The smallest absolute Gasteiger partial charge is 0.405 e. The molecule has 4 N–H and O–H groups in total. The van der Waals surface area contributed by atoms with Gasteiger partial charge in [0.05, 0.1) is 6.54 Å². The van der Waals surface area contributed by atoms with Crippen molar-refractivity contribution in [1.29, 1.82) is 0 Å². The third-order valence-electron chi connectivity index (χ3n) is 3.38. The molecule has 15 heteroatoms. The third kappa shape index (κ3) is 3.87. The van der Waals surface area contributed by atoms with E-state index in [0.717, 1.165) is 0 Å². The quantitative estimate of drug-likeness (QED) is 0.388. The van der Waals surface area contributed by atoms with Crippen LogP contribution in [0.2, 0.25) is 0 Å². The number of imide groups is 2. The van der Waals surface area contributed by atoms with Gasteiger partial charge in [-0.25, -0.2) is 33.5 Å². The topological polar surface area (TPSA) is 186 Å². The van der Waals surface area contributed by atoms with Crippen molar-refractivity contribution in [3.63, 3.8) is 0 Å². The molecule has 2 fully saturated rings. The van der Waals surface area contributed by atoms with Gasteiger partial charge in [-0.2, -0.15) is 8.42 Å². The number of β-lactam (4-membered cyclic amide) rings is 1. The van der Waals surface area contributed by atoms with E-state index in [2.05, 4.69) is 0 Å². The standard InChI is InChI=1S/C10H14N6O8S/c1-14-2-3-15(10(14)22)7(18)12-25(23,24)13-8(19)16-4-5(6(16)17)11-9(20)21/h5,11H,2-4H2,1H3,(H,12,18)(H,13,19)(H,20,21)/t5-/m0/s1. The summed E-state index contributed by atoms with van der Waals surface area (Å²) in [7, 11) is -3.27. The van der Waals surface area contributed by atoms with Gasteiger partial charge < -0.3 is 15.3 Å². The Labute approximate surface area is 140 Å². The summed E-state index contributed by atoms with van der Waals surface area (Å²) in [5.74, 6) is -0.947. The Morgan fingerprint density at radius 3 is 2.08 bits per heavy atom. The summed E-state index contributed by atoms with van der Waals surface area (Å²) in [6, 6.07) is -4.48. The molecule has 25 heavy (non-hydrogen) atoms. The van der Waals surface area contributed by atoms with Gasteiger partial charge in [0.1, 0.15) is 6.04 Å². The highest BCUT2D eigenvalue weighted by Crippen LogP contribution is 2.11. The van der Waals surface area contributed by atoms with Crippen molar-refractivity contribution in [2.45, 2.75) is 6.04 Å². The molecule has 2 heterocycles. The molecule has 0 bridgehead atoms. The highest BCUT2D eigenvalue weighted by atomic mass is 32.2. The molecule has 0 saturated carbocycles. The van der Waals surface area contributed by atoms with Gasteiger partial charge in [-0.3, -0.25) is 9.69 Å². The summed E-state index contributed by atoms with van der Waals surface area (Å²) in [4.78, 5) is 59.2. The summed E-state index contributed by atoms with van der Waals surface area (Å²) in [5.41, 5.74) is 0. The molecule has 0 spiro atoms. The number of hydrogen-bond acceptors (Lipinski definition) is 7. The first kappa shape index (κ1) is 18.2. The van der Waals surface area contributed by atoms with Gasteiger partial charge in [0.15, 0.2) is 0 Å². The van der Waals surface area contributed by atoms with E-state index >= 15 is 0 Å². The number of carbonyl (C=O) groups excluding carboxylic acids is 4. The largest absolute Gasteiger partial charge is 0.465 e. The minimum atomic E-state index is -4.69. The van der Waals surface area contributed by atoms with Crippen LogP contribution in [0.25, 0.3) is 0 Å². The van der Waals surface area contributed by atoms with Gasteiger partial charge in [-0.15, -0.1) is 0 Å². The van der Waals surface area contributed by atoms with E-state index in [1.807, 2.05) is 5.32 Å². The van der Waals surface area contributed by atoms with E-state index < -0.39 is 46.3 Å². The molecule has 1 atom stereocenters. The fraction of sp³-hybridized carbons (Fsp3) is 0.500. The minimum Gasteiger partial charge on any atom is -0.465 e. The second kappa shape index (κ2) is 6.42. The molecular formula is C10H14N6O8S. The summed E-state index contributed by atoms with van der Waals surface area (Å²) in [6.07, 6.45) is -1.47. The van der Waals surface area contributed by atoms with Gasteiger partial charge in [-0.05, 0) is 0 Å². The third-order valence-corrected chi connectivity index (χ3v) is 4.26. The van der Waals surface area contributed by atoms with E-state index in [0.29, 0.717) is 9.80 Å². The van der Waals surface area contributed by atoms with Gasteiger partial charge in [0.25, 0.3) is 5.91 Å². The fourth-order valence-corrected chi connectivity index (χ4v) is 2.80. The van der Waals surface area contributed by atoms with Crippen LogP contribution in [-0.2, 0) is 15.0 Å². The second-order valence-corrected chi connectivity index (χ2v) is 6.54. The van der Waals surface area contributed by atoms with Crippen LogP contribution in [-0.4, -0.2) is 91.0 Å². The van der Waals surface area contributed by atoms with E-state index in [4.69, 9.17) is 5.11 Å². The highest BCUT2D eigenvalue weighted by molar-refractivity contribution is 7.88. The van der Waals surface area contributed by atoms with Crippen LogP contribution in [0.1, 0.15) is 0 Å². The molecule has 8 amide bonds. The second-order valence-electron chi connectivity index (χ2n) is 5.12. The molecule has 0 radical (unpaired) electrons. The van der Waals surface area contributed by atoms with Crippen LogP contribution < -0.4 is 14.8 Å². The van der Waals surface area contributed by atoms with Crippen LogP contribution in [0.4, 0.5) is 19.2 Å². The molecule has 0 aromatic heterocycles. The lowest BCUT2D eigenvalue weighted by Crippen LogP contribution is -2.67. The molecule has 2 aliphatic heterocycles. The molecule has 14 nitrogen and oxygen atoms in total. The zero-order valence-electron chi connectivity index (χ0n) is 12.8. The number of amides is 8. The number of rotatable bonds is 3. The van der Waals surface area contributed by atoms with Gasteiger partial charge >= 0.3 is 34.4 Å². The van der Waals surface area contributed by atoms with E-state index in [9.17, 15) is 32.4 Å². The average molecular weight is 378 g/mol. The number of carbonyl (C=O) groups is 5. The van der Waals surface area contributed by atoms with Crippen LogP contribution >= 0.6 is 0 Å². The first-order valence-corrected chi connectivity index (χ1v) is 8.22. The van der Waals surface area contributed by atoms with E-state index in [-0.39, 0.29) is 19.6 Å². The van der Waals surface area contributed by atoms with Crippen molar-refractivity contribution in [3.05, 3.63) is 0 Å². The van der Waals surface area contributed by atoms with Gasteiger partial charge in [0, 0.05) is 20.1 Å². The maximum Gasteiger partial charge on any atom is 0.405 e. The Hall–Kier alpha value is -3.10. The number of hydrogen-bond donors (Lipinski definition) is 4. The molecule has 0 aliphatic carbocycles. The number of likely N-dealkylation sites (tertiary alicyclic amines) is 1. The number of likely N-dealkylation sites (N-methyl/N-ethyl adjacent to an activating group) is 1. The Morgan fingerprint density at radius 1 is 1.08 bits per heavy atom. The predicted octanol–water partition coefficient (Wildman–Crippen LogP) is -2.50. The zero-order chi connectivity index (χ0) is 18.9. The monoisotopic (exact) mass is 378 g/mol. The SMILES string of the molecule is CN1CCN(C(=O)NS(=O)(=O)NC(=O)N2C[C@H](NC(=O)O)C2=O)C1=O. The fourth-order valence-electron chi connectivity index (χ4n) is 2.07. The van der Waals surface area contributed by atoms with Gasteiger partial charge in [-0.1, -0.05) is 0 Å². The first-order valence-electron chi connectivity index (χ1n) is 6.74. The Kier molecular flexibility index (Phi) is 4.69. The van der Waals surface area contributed by atoms with Crippen molar-refractivity contribution < 1.29 is 37.5 Å². The van der Waals surface area contributed by atoms with Crippen molar-refractivity contribution >= 4 is 40.3 Å². The summed E-state index contributed by atoms with van der Waals surface area (Å²) < 4.78 is 26.4. The lowest BCUT2D eigenvalue weighted by molar-refractivity contribution is -0.138. The van der Waals surface area contributed by atoms with Crippen molar-refractivity contribution in [2.75, 3.05) is 26.7 Å². The van der Waals surface area contributed by atoms with Crippen LogP contribution in [0.15, 0.2) is 0 Å². The summed E-state index contributed by atoms with van der Waals surface area (Å²) >= 11 is 0. The number of urea groups is 3. The number of carboxylic acid groups (broad SMARTS) is 1. The van der Waals surface area contributed by atoms with Crippen LogP contribution in [0.5, 0.6) is 0 Å². The molecular weight excluding hydrogens is 364 g/mol. The van der Waals surface area contributed by atoms with Gasteiger partial charge in [0.2, 0.25) is 0 Å². The van der Waals surface area contributed by atoms with Crippen LogP contribution in [0.3, 0.4) is 0 Å². The lowest BCUT2D eigenvalue weighted by Gasteiger charge is -2.35. The minimum absolute atomic E-state index is 0.0300. The van der Waals surface area contributed by atoms with Crippen molar-refractivity contribution in [3.8, 4) is 0 Å². The summed E-state index contributed by atoms with van der Waals surface area (Å²) in [6.45, 7) is -0.174. The molecule has 2 aliphatic rings. The number of nitrogens with one attached hydrogen (secondary N) is 3. The summed E-state index contributed by atoms with van der Waals surface area (Å²) in [5, 5.41) is 10.3. The molecule has 2 saturated heterocycles. The van der Waals surface area contributed by atoms with Crippen molar-refractivity contribution in [1.82, 2.24) is 29.5 Å². The average Bonchev–Trinajstić information content (AvgIpc) is 2.81. The number of nitrogens with zero attached hydrogens (tertiary/aromatic N) is 3. The molecule has 0 aromatic carbocycles. The maximum atomic E-state index is 11.8. The molecule has 0 aromatic rings. The highest BCUT2D eigenvalue weighted by Gasteiger charge is 2.43. The van der Waals surface area contributed by atoms with E-state index in [1.54, 1.807) is 0 Å². The first-order chi connectivity index (χ1) is 11.5. The Bertz CT molecular complexity index is 751. The maximum absolute atomic E-state index is 11.8. The Morgan fingerprint density at radius 2 is 1.64 bits per heavy atom. The normalized spacial score (nSPS) is 20.2.